The molecule has 1 heterocycles. The Bertz CT molecular complexity index is 677. The van der Waals surface area contributed by atoms with Gasteiger partial charge in [0.15, 0.2) is 0 Å². The zero-order chi connectivity index (χ0) is 14.0. The number of carboxylic acid groups (broad SMARTS) is 1. The first-order valence-electron chi connectivity index (χ1n) is 5.22. The molecule has 5 nitrogen and oxygen atoms in total. The lowest BCUT2D eigenvalue weighted by atomic mass is 10.1. The minimum absolute atomic E-state index is 0.110. The molecule has 1 aromatic heterocycles. The second kappa shape index (κ2) is 4.97. The molecule has 0 saturated heterocycles. The summed E-state index contributed by atoms with van der Waals surface area (Å²) in [7, 11) is 0. The van der Waals surface area contributed by atoms with Crippen molar-refractivity contribution in [2.24, 2.45) is 0 Å². The molecule has 0 aliphatic heterocycles. The highest BCUT2D eigenvalue weighted by molar-refractivity contribution is 5.66. The second-order valence-corrected chi connectivity index (χ2v) is 3.77. The quantitative estimate of drug-likeness (QED) is 0.908. The van der Waals surface area contributed by atoms with E-state index in [9.17, 15) is 18.4 Å². The minimum Gasteiger partial charge on any atom is -0.480 e. The third-order valence-electron chi connectivity index (χ3n) is 2.31. The molecule has 0 saturated carbocycles. The van der Waals surface area contributed by atoms with E-state index in [0.717, 1.165) is 18.2 Å². The van der Waals surface area contributed by atoms with E-state index in [1.165, 1.54) is 6.07 Å². The number of hydrogen-bond donors (Lipinski definition) is 1. The Morgan fingerprint density at radius 1 is 1.21 bits per heavy atom. The predicted molar refractivity (Wildman–Crippen MR) is 61.5 cm³/mol. The molecule has 1 aromatic carbocycles. The summed E-state index contributed by atoms with van der Waals surface area (Å²) < 4.78 is 26.9. The summed E-state index contributed by atoms with van der Waals surface area (Å²) in [5.41, 5.74) is -0.376. The van der Waals surface area contributed by atoms with E-state index in [4.69, 9.17) is 5.11 Å². The van der Waals surface area contributed by atoms with Gasteiger partial charge in [-0.05, 0) is 18.2 Å². The summed E-state index contributed by atoms with van der Waals surface area (Å²) >= 11 is 0. The van der Waals surface area contributed by atoms with Gasteiger partial charge in [0.05, 0.1) is 5.69 Å². The van der Waals surface area contributed by atoms with Gasteiger partial charge in [-0.15, -0.1) is 0 Å². The number of carbonyl (C=O) groups is 1. The summed E-state index contributed by atoms with van der Waals surface area (Å²) in [5, 5.41) is 12.4. The van der Waals surface area contributed by atoms with Crippen molar-refractivity contribution >= 4 is 5.97 Å². The maximum absolute atomic E-state index is 13.1. The fourth-order valence-electron chi connectivity index (χ4n) is 1.55. The molecule has 2 rings (SSSR count). The van der Waals surface area contributed by atoms with Gasteiger partial charge in [0, 0.05) is 17.7 Å². The zero-order valence-corrected chi connectivity index (χ0v) is 9.51. The molecule has 0 bridgehead atoms. The molecule has 0 fully saturated rings. The Balaban J connectivity index is 2.50. The topological polar surface area (TPSA) is 72.2 Å². The normalized spacial score (nSPS) is 10.4. The highest BCUT2D eigenvalue weighted by Crippen LogP contribution is 2.18. The van der Waals surface area contributed by atoms with Gasteiger partial charge in [-0.25, -0.2) is 13.5 Å². The Morgan fingerprint density at radius 3 is 2.42 bits per heavy atom. The molecule has 1 N–H and O–H groups in total. The molecule has 98 valence electrons. The van der Waals surface area contributed by atoms with Crippen LogP contribution in [0.5, 0.6) is 0 Å². The van der Waals surface area contributed by atoms with Gasteiger partial charge >= 0.3 is 5.97 Å². The molecule has 0 atom stereocenters. The van der Waals surface area contributed by atoms with Crippen LogP contribution in [-0.2, 0) is 11.3 Å². The van der Waals surface area contributed by atoms with E-state index in [2.05, 4.69) is 5.10 Å². The van der Waals surface area contributed by atoms with Crippen molar-refractivity contribution in [3.8, 4) is 11.3 Å². The molecule has 0 radical (unpaired) electrons. The van der Waals surface area contributed by atoms with Gasteiger partial charge in [0.2, 0.25) is 0 Å². The van der Waals surface area contributed by atoms with Gasteiger partial charge in [-0.3, -0.25) is 9.59 Å². The number of rotatable bonds is 3. The number of benzene rings is 1. The van der Waals surface area contributed by atoms with Crippen LogP contribution in [-0.4, -0.2) is 20.9 Å². The number of hydrogen-bond acceptors (Lipinski definition) is 3. The van der Waals surface area contributed by atoms with Crippen molar-refractivity contribution in [2.75, 3.05) is 0 Å². The van der Waals surface area contributed by atoms with Crippen molar-refractivity contribution in [1.29, 1.82) is 0 Å². The van der Waals surface area contributed by atoms with E-state index in [0.29, 0.717) is 10.7 Å². The van der Waals surface area contributed by atoms with Gasteiger partial charge in [0.25, 0.3) is 5.56 Å². The Kier molecular flexibility index (Phi) is 3.37. The maximum Gasteiger partial charge on any atom is 0.325 e. The smallest absolute Gasteiger partial charge is 0.325 e. The summed E-state index contributed by atoms with van der Waals surface area (Å²) in [4.78, 5) is 21.9. The van der Waals surface area contributed by atoms with E-state index < -0.39 is 29.7 Å². The molecule has 0 unspecified atom stereocenters. The number of nitrogens with zero attached hydrogens (tertiary/aromatic N) is 2. The van der Waals surface area contributed by atoms with Crippen LogP contribution < -0.4 is 5.56 Å². The average molecular weight is 266 g/mol. The minimum atomic E-state index is -1.24. The van der Waals surface area contributed by atoms with Crippen molar-refractivity contribution in [3.63, 3.8) is 0 Å². The maximum atomic E-state index is 13.1. The van der Waals surface area contributed by atoms with Crippen LogP contribution in [0.3, 0.4) is 0 Å². The first kappa shape index (κ1) is 12.9. The summed E-state index contributed by atoms with van der Waals surface area (Å²) in [6.45, 7) is -0.621. The summed E-state index contributed by atoms with van der Waals surface area (Å²) in [5.74, 6) is -2.81. The van der Waals surface area contributed by atoms with Crippen LogP contribution in [0, 0.1) is 11.6 Å². The standard InChI is InChI=1S/C12H8F2N2O3/c13-8-3-7(4-9(14)5-8)10-1-2-11(17)16(15-10)6-12(18)19/h1-5H,6H2,(H,18,19). The van der Waals surface area contributed by atoms with Crippen LogP contribution in [0.15, 0.2) is 35.1 Å². The van der Waals surface area contributed by atoms with Crippen LogP contribution in [0.1, 0.15) is 0 Å². The largest absolute Gasteiger partial charge is 0.480 e. The Labute approximate surface area is 105 Å². The van der Waals surface area contributed by atoms with Crippen LogP contribution in [0.4, 0.5) is 8.78 Å². The summed E-state index contributed by atoms with van der Waals surface area (Å²) in [6.07, 6.45) is 0. The summed E-state index contributed by atoms with van der Waals surface area (Å²) in [6, 6.07) is 5.15. The highest BCUT2D eigenvalue weighted by atomic mass is 19.1. The molecule has 19 heavy (non-hydrogen) atoms. The lowest BCUT2D eigenvalue weighted by molar-refractivity contribution is -0.138. The highest BCUT2D eigenvalue weighted by Gasteiger charge is 2.08. The van der Waals surface area contributed by atoms with E-state index >= 15 is 0 Å². The third kappa shape index (κ3) is 3.01. The average Bonchev–Trinajstić information content (AvgIpc) is 2.30. The monoisotopic (exact) mass is 266 g/mol. The first-order chi connectivity index (χ1) is 8.95. The number of carboxylic acids is 1. The molecule has 0 aliphatic carbocycles. The second-order valence-electron chi connectivity index (χ2n) is 3.77. The fraction of sp³-hybridized carbons (Fsp3) is 0.0833. The lowest BCUT2D eigenvalue weighted by Gasteiger charge is -2.05. The van der Waals surface area contributed by atoms with Gasteiger partial charge in [-0.1, -0.05) is 0 Å². The van der Waals surface area contributed by atoms with Crippen molar-refractivity contribution in [3.05, 3.63) is 52.3 Å². The SMILES string of the molecule is O=C(O)Cn1nc(-c2cc(F)cc(F)c2)ccc1=O. The van der Waals surface area contributed by atoms with Crippen LogP contribution in [0.2, 0.25) is 0 Å². The number of aliphatic carboxylic acids is 1. The molecule has 0 spiro atoms. The van der Waals surface area contributed by atoms with Crippen LogP contribution in [0.25, 0.3) is 11.3 Å². The van der Waals surface area contributed by atoms with Crippen molar-refractivity contribution in [2.45, 2.75) is 6.54 Å². The van der Waals surface area contributed by atoms with Gasteiger partial charge in [0.1, 0.15) is 18.2 Å². The third-order valence-corrected chi connectivity index (χ3v) is 2.31. The molecular weight excluding hydrogens is 258 g/mol. The fourth-order valence-corrected chi connectivity index (χ4v) is 1.55. The van der Waals surface area contributed by atoms with Crippen molar-refractivity contribution in [1.82, 2.24) is 9.78 Å². The number of aromatic nitrogens is 2. The Hall–Kier alpha value is -2.57. The van der Waals surface area contributed by atoms with Gasteiger partial charge in [-0.2, -0.15) is 5.10 Å². The van der Waals surface area contributed by atoms with E-state index in [-0.39, 0.29) is 11.3 Å². The lowest BCUT2D eigenvalue weighted by Crippen LogP contribution is -2.26. The number of halogens is 2. The van der Waals surface area contributed by atoms with E-state index in [1.807, 2.05) is 0 Å². The molecular formula is C12H8F2N2O3. The molecule has 0 amide bonds. The molecule has 2 aromatic rings. The molecule has 0 aliphatic rings. The first-order valence-corrected chi connectivity index (χ1v) is 5.22. The molecule has 7 heteroatoms. The Morgan fingerprint density at radius 2 is 1.84 bits per heavy atom. The van der Waals surface area contributed by atoms with Gasteiger partial charge < -0.3 is 5.11 Å². The van der Waals surface area contributed by atoms with E-state index in [1.54, 1.807) is 0 Å². The zero-order valence-electron chi connectivity index (χ0n) is 9.51. The van der Waals surface area contributed by atoms with Crippen LogP contribution >= 0.6 is 0 Å². The predicted octanol–water partition coefficient (Wildman–Crippen LogP) is 1.27. The van der Waals surface area contributed by atoms with Crippen molar-refractivity contribution < 1.29 is 18.7 Å².